The van der Waals surface area contributed by atoms with Crippen molar-refractivity contribution in [2.24, 2.45) is 0 Å². The van der Waals surface area contributed by atoms with Gasteiger partial charge >= 0.3 is 6.18 Å². The van der Waals surface area contributed by atoms with Crippen LogP contribution in [-0.2, 0) is 23.0 Å². The van der Waals surface area contributed by atoms with Crippen LogP contribution in [0.3, 0.4) is 0 Å². The minimum Gasteiger partial charge on any atom is -0.505 e. The summed E-state index contributed by atoms with van der Waals surface area (Å²) >= 11 is 0. The van der Waals surface area contributed by atoms with Crippen LogP contribution in [0.5, 0.6) is 5.75 Å². The van der Waals surface area contributed by atoms with E-state index in [0.717, 1.165) is 0 Å². The Balaban J connectivity index is 1.85. The lowest BCUT2D eigenvalue weighted by atomic mass is 10.0. The maximum Gasteiger partial charge on any atom is 0.393 e. The van der Waals surface area contributed by atoms with Crippen LogP contribution in [0, 0.1) is 5.82 Å². The summed E-state index contributed by atoms with van der Waals surface area (Å²) in [4.78, 5) is 20.9. The molecule has 5 N–H and O–H groups in total. The third-order valence-electron chi connectivity index (χ3n) is 5.78. The number of carbonyl (C=O) groups excluding carboxylic acids is 1. The summed E-state index contributed by atoms with van der Waals surface area (Å²) in [6.07, 6.45) is -6.20. The van der Waals surface area contributed by atoms with E-state index in [0.29, 0.717) is 17.7 Å². The minimum atomic E-state index is -4.70. The highest BCUT2D eigenvalue weighted by molar-refractivity contribution is 7.92. The molecule has 2 heterocycles. The predicted octanol–water partition coefficient (Wildman–Crippen LogP) is 3.70. The number of aromatic nitrogens is 4. The molecule has 0 bridgehead atoms. The summed E-state index contributed by atoms with van der Waals surface area (Å²) in [5.74, 6) is -3.33. The van der Waals surface area contributed by atoms with E-state index in [-0.39, 0.29) is 51.9 Å². The van der Waals surface area contributed by atoms with Gasteiger partial charge in [-0.1, -0.05) is 18.2 Å². The molecule has 0 radical (unpaired) electrons. The van der Waals surface area contributed by atoms with Gasteiger partial charge in [0.1, 0.15) is 11.5 Å². The number of fused-ring (bicyclic) bond motifs is 1. The standard InChI is InChI=1S/C24H23F4N7O4S/c1-3-40(38,39)35-16-7-5-4-6-12(16)11-30-21-18-19(23(37)29-2)33-34-22(18)32-20(31-21)14-9-15(25)17(36)8-13(14)10-24(26,27)28/h4-9,35-36H,3,10-11H2,1-2H3,(H,29,37)(H2,30,31,32,33,34). The third-order valence-corrected chi connectivity index (χ3v) is 7.07. The van der Waals surface area contributed by atoms with Gasteiger partial charge < -0.3 is 15.7 Å². The van der Waals surface area contributed by atoms with Crippen LogP contribution in [0.2, 0.25) is 0 Å². The van der Waals surface area contributed by atoms with E-state index < -0.39 is 45.7 Å². The number of phenols is 1. The number of rotatable bonds is 9. The number of benzene rings is 2. The largest absolute Gasteiger partial charge is 0.505 e. The lowest BCUT2D eigenvalue weighted by molar-refractivity contribution is -0.127. The molecule has 0 saturated carbocycles. The zero-order valence-electron chi connectivity index (χ0n) is 21.0. The van der Waals surface area contributed by atoms with Crippen molar-refractivity contribution in [2.75, 3.05) is 22.8 Å². The maximum absolute atomic E-state index is 14.3. The second kappa shape index (κ2) is 11.0. The molecule has 212 valence electrons. The smallest absolute Gasteiger partial charge is 0.393 e. The Labute approximate surface area is 225 Å². The van der Waals surface area contributed by atoms with E-state index in [1.54, 1.807) is 24.3 Å². The number of phenolic OH excluding ortho intramolecular Hbond substituents is 1. The number of sulfonamides is 1. The Morgan fingerprint density at radius 3 is 2.52 bits per heavy atom. The first kappa shape index (κ1) is 28.5. The Morgan fingerprint density at radius 2 is 1.85 bits per heavy atom. The van der Waals surface area contributed by atoms with Gasteiger partial charge in [0.05, 0.1) is 23.2 Å². The molecule has 4 aromatic rings. The lowest BCUT2D eigenvalue weighted by Gasteiger charge is -2.15. The molecule has 0 aliphatic heterocycles. The molecular formula is C24H23F4N7O4S. The summed E-state index contributed by atoms with van der Waals surface area (Å²) < 4.78 is 80.9. The topological polar surface area (TPSA) is 162 Å². The number of hydrogen-bond donors (Lipinski definition) is 5. The number of carbonyl (C=O) groups is 1. The molecule has 2 aromatic carbocycles. The van der Waals surface area contributed by atoms with Gasteiger partial charge in [-0.05, 0) is 36.2 Å². The number of amides is 1. The summed E-state index contributed by atoms with van der Waals surface area (Å²) in [6, 6.07) is 7.79. The summed E-state index contributed by atoms with van der Waals surface area (Å²) in [7, 11) is -2.24. The predicted molar refractivity (Wildman–Crippen MR) is 139 cm³/mol. The molecule has 2 aromatic heterocycles. The van der Waals surface area contributed by atoms with Gasteiger partial charge in [-0.2, -0.15) is 18.3 Å². The first-order valence-electron chi connectivity index (χ1n) is 11.7. The molecular weight excluding hydrogens is 558 g/mol. The fraction of sp³-hybridized carbons (Fsp3) is 0.250. The first-order valence-corrected chi connectivity index (χ1v) is 13.4. The fourth-order valence-electron chi connectivity index (χ4n) is 3.83. The molecule has 0 fully saturated rings. The number of nitrogens with one attached hydrogen (secondary N) is 4. The average Bonchev–Trinajstić information content (AvgIpc) is 3.33. The highest BCUT2D eigenvalue weighted by Crippen LogP contribution is 2.34. The minimum absolute atomic E-state index is 0.0491. The Hall–Kier alpha value is -4.47. The number of aromatic amines is 1. The van der Waals surface area contributed by atoms with Crippen LogP contribution in [0.25, 0.3) is 22.4 Å². The van der Waals surface area contributed by atoms with Gasteiger partial charge in [0.2, 0.25) is 10.0 Å². The number of hydrogen-bond acceptors (Lipinski definition) is 8. The molecule has 0 aliphatic carbocycles. The van der Waals surface area contributed by atoms with Crippen LogP contribution in [0.1, 0.15) is 28.5 Å². The lowest BCUT2D eigenvalue weighted by Crippen LogP contribution is -2.19. The molecule has 0 atom stereocenters. The number of halogens is 4. The Bertz CT molecular complexity index is 1690. The maximum atomic E-state index is 14.3. The van der Waals surface area contributed by atoms with E-state index in [4.69, 9.17) is 0 Å². The second-order valence-corrected chi connectivity index (χ2v) is 10.6. The number of nitrogens with zero attached hydrogens (tertiary/aromatic N) is 3. The monoisotopic (exact) mass is 581 g/mol. The molecule has 0 unspecified atom stereocenters. The fourth-order valence-corrected chi connectivity index (χ4v) is 4.51. The quantitative estimate of drug-likeness (QED) is 0.187. The van der Waals surface area contributed by atoms with Gasteiger partial charge in [0.15, 0.2) is 23.0 Å². The first-order chi connectivity index (χ1) is 18.8. The molecule has 0 spiro atoms. The Kier molecular flexibility index (Phi) is 7.81. The van der Waals surface area contributed by atoms with Crippen LogP contribution in [-0.4, -0.2) is 58.6 Å². The third kappa shape index (κ3) is 6.22. The van der Waals surface area contributed by atoms with Gasteiger partial charge in [-0.3, -0.25) is 14.6 Å². The van der Waals surface area contributed by atoms with E-state index in [9.17, 15) is 35.9 Å². The zero-order chi connectivity index (χ0) is 29.2. The average molecular weight is 582 g/mol. The van der Waals surface area contributed by atoms with Crippen LogP contribution < -0.4 is 15.4 Å². The number of alkyl halides is 3. The van der Waals surface area contributed by atoms with Crippen molar-refractivity contribution < 1.29 is 35.9 Å². The zero-order valence-corrected chi connectivity index (χ0v) is 21.8. The van der Waals surface area contributed by atoms with E-state index in [1.807, 2.05) is 0 Å². The van der Waals surface area contributed by atoms with Gasteiger partial charge in [-0.15, -0.1) is 0 Å². The summed E-state index contributed by atoms with van der Waals surface area (Å²) in [5.41, 5.74) is -0.256. The molecule has 0 aliphatic rings. The second-order valence-electron chi connectivity index (χ2n) is 8.54. The highest BCUT2D eigenvalue weighted by Gasteiger charge is 2.31. The van der Waals surface area contributed by atoms with Crippen molar-refractivity contribution in [2.45, 2.75) is 26.1 Å². The van der Waals surface area contributed by atoms with Gasteiger partial charge in [-0.25, -0.2) is 22.8 Å². The number of aromatic hydroxyl groups is 1. The van der Waals surface area contributed by atoms with Crippen molar-refractivity contribution in [1.29, 1.82) is 0 Å². The van der Waals surface area contributed by atoms with E-state index >= 15 is 0 Å². The SMILES string of the molecule is CCS(=O)(=O)Nc1ccccc1CNc1nc(-c2cc(F)c(O)cc2CC(F)(F)F)nc2n[nH]c(C(=O)NC)c12. The van der Waals surface area contributed by atoms with Crippen molar-refractivity contribution in [1.82, 2.24) is 25.5 Å². The highest BCUT2D eigenvalue weighted by atomic mass is 32.2. The van der Waals surface area contributed by atoms with Crippen LogP contribution >= 0.6 is 0 Å². The number of para-hydroxylation sites is 1. The molecule has 0 saturated heterocycles. The van der Waals surface area contributed by atoms with Crippen LogP contribution in [0.4, 0.5) is 29.1 Å². The van der Waals surface area contributed by atoms with E-state index in [2.05, 4.69) is 35.5 Å². The van der Waals surface area contributed by atoms with Crippen molar-refractivity contribution in [3.05, 3.63) is 59.0 Å². The van der Waals surface area contributed by atoms with Gasteiger partial charge in [0.25, 0.3) is 5.91 Å². The number of anilines is 2. The molecule has 11 nitrogen and oxygen atoms in total. The van der Waals surface area contributed by atoms with Crippen LogP contribution in [0.15, 0.2) is 36.4 Å². The van der Waals surface area contributed by atoms with Crippen molar-refractivity contribution >= 4 is 38.5 Å². The molecule has 16 heteroatoms. The van der Waals surface area contributed by atoms with Crippen molar-refractivity contribution in [3.63, 3.8) is 0 Å². The summed E-state index contributed by atoms with van der Waals surface area (Å²) in [6.45, 7) is 1.42. The molecule has 1 amide bonds. The molecule has 4 rings (SSSR count). The Morgan fingerprint density at radius 1 is 1.12 bits per heavy atom. The molecule has 40 heavy (non-hydrogen) atoms. The number of H-pyrrole nitrogens is 1. The van der Waals surface area contributed by atoms with Crippen molar-refractivity contribution in [3.8, 4) is 17.1 Å². The van der Waals surface area contributed by atoms with E-state index in [1.165, 1.54) is 14.0 Å². The summed E-state index contributed by atoms with van der Waals surface area (Å²) in [5, 5.41) is 21.7. The normalized spacial score (nSPS) is 11.9. The van der Waals surface area contributed by atoms with Gasteiger partial charge in [0, 0.05) is 19.2 Å².